The molecule has 0 saturated heterocycles. The first kappa shape index (κ1) is 10.5. The largest absolute Gasteiger partial charge is 0.379 e. The Morgan fingerprint density at radius 2 is 2.46 bits per heavy atom. The molecule has 0 atom stereocenters. The fourth-order valence-electron chi connectivity index (χ4n) is 0.946. The summed E-state index contributed by atoms with van der Waals surface area (Å²) in [5.41, 5.74) is 1.14. The zero-order valence-electron chi connectivity index (χ0n) is 7.23. The molecule has 2 nitrogen and oxygen atoms in total. The van der Waals surface area contributed by atoms with Crippen molar-refractivity contribution in [3.05, 3.63) is 30.1 Å². The number of thiocarbonyl (C=S) groups is 1. The molecule has 0 aliphatic rings. The van der Waals surface area contributed by atoms with Crippen LogP contribution in [0.25, 0.3) is 0 Å². The molecule has 0 aliphatic heterocycles. The number of nitrogens with one attached hydrogen (secondary N) is 1. The van der Waals surface area contributed by atoms with E-state index in [4.69, 9.17) is 12.2 Å². The minimum atomic E-state index is 0.761. The molecule has 4 heteroatoms. The smallest absolute Gasteiger partial charge is 0.0798 e. The third-order valence-electron chi connectivity index (χ3n) is 1.52. The van der Waals surface area contributed by atoms with Gasteiger partial charge in [0.1, 0.15) is 0 Å². The first-order valence-corrected chi connectivity index (χ1v) is 5.13. The summed E-state index contributed by atoms with van der Waals surface area (Å²) >= 11 is 9.22. The fraction of sp³-hybridized carbons (Fsp3) is 0.333. The first-order valence-electron chi connectivity index (χ1n) is 4.09. The molecule has 0 unspecified atom stereocenters. The van der Waals surface area contributed by atoms with Gasteiger partial charge in [0.05, 0.1) is 4.99 Å². The van der Waals surface area contributed by atoms with Crippen LogP contribution >= 0.6 is 24.8 Å². The normalized spacial score (nSPS) is 9.62. The minimum absolute atomic E-state index is 0.761. The van der Waals surface area contributed by atoms with Crippen LogP contribution in [0.3, 0.4) is 0 Å². The first-order chi connectivity index (χ1) is 6.33. The standard InChI is InChI=1S/C9H12N2S2/c12-5-4-11-9(13)6-8-2-1-3-10-7-8/h1-3,7,12H,4-6H2,(H,11,13). The molecule has 1 N–H and O–H groups in total. The summed E-state index contributed by atoms with van der Waals surface area (Å²) in [5, 5.41) is 3.11. The van der Waals surface area contributed by atoms with Crippen LogP contribution in [0.15, 0.2) is 24.5 Å². The molecule has 0 amide bonds. The van der Waals surface area contributed by atoms with Gasteiger partial charge in [0.15, 0.2) is 0 Å². The average Bonchev–Trinajstić information content (AvgIpc) is 2.16. The Morgan fingerprint density at radius 3 is 3.08 bits per heavy atom. The summed E-state index contributed by atoms with van der Waals surface area (Å²) in [6, 6.07) is 3.93. The van der Waals surface area contributed by atoms with E-state index >= 15 is 0 Å². The summed E-state index contributed by atoms with van der Waals surface area (Å²) in [7, 11) is 0. The van der Waals surface area contributed by atoms with E-state index in [0.717, 1.165) is 29.3 Å². The van der Waals surface area contributed by atoms with Crippen LogP contribution in [-0.4, -0.2) is 22.3 Å². The van der Waals surface area contributed by atoms with Gasteiger partial charge in [0.2, 0.25) is 0 Å². The summed E-state index contributed by atoms with van der Waals surface area (Å²) in [5.74, 6) is 0.799. The van der Waals surface area contributed by atoms with E-state index < -0.39 is 0 Å². The number of aromatic nitrogens is 1. The quantitative estimate of drug-likeness (QED) is 0.584. The van der Waals surface area contributed by atoms with Crippen molar-refractivity contribution in [2.24, 2.45) is 0 Å². The van der Waals surface area contributed by atoms with E-state index in [9.17, 15) is 0 Å². The van der Waals surface area contributed by atoms with Gasteiger partial charge in [0.25, 0.3) is 0 Å². The molecule has 1 aromatic heterocycles. The lowest BCUT2D eigenvalue weighted by Gasteiger charge is -2.05. The van der Waals surface area contributed by atoms with Crippen molar-refractivity contribution in [2.75, 3.05) is 12.3 Å². The Kier molecular flexibility index (Phi) is 4.78. The van der Waals surface area contributed by atoms with Gasteiger partial charge in [-0.1, -0.05) is 18.3 Å². The summed E-state index contributed by atoms with van der Waals surface area (Å²) in [4.78, 5) is 4.86. The SMILES string of the molecule is S=C(Cc1cccnc1)NCCS. The van der Waals surface area contributed by atoms with E-state index in [0.29, 0.717) is 0 Å². The van der Waals surface area contributed by atoms with Crippen molar-refractivity contribution in [2.45, 2.75) is 6.42 Å². The molecule has 70 valence electrons. The lowest BCUT2D eigenvalue weighted by molar-refractivity contribution is 0.973. The van der Waals surface area contributed by atoms with Gasteiger partial charge < -0.3 is 5.32 Å². The van der Waals surface area contributed by atoms with Crippen LogP contribution in [-0.2, 0) is 6.42 Å². The van der Waals surface area contributed by atoms with Crippen molar-refractivity contribution < 1.29 is 0 Å². The number of pyridine rings is 1. The molecule has 0 radical (unpaired) electrons. The van der Waals surface area contributed by atoms with Crippen LogP contribution < -0.4 is 5.32 Å². The van der Waals surface area contributed by atoms with Crippen LogP contribution in [0.1, 0.15) is 5.56 Å². The Bertz CT molecular complexity index is 262. The van der Waals surface area contributed by atoms with Gasteiger partial charge >= 0.3 is 0 Å². The molecule has 13 heavy (non-hydrogen) atoms. The highest BCUT2D eigenvalue weighted by atomic mass is 32.1. The van der Waals surface area contributed by atoms with Crippen molar-refractivity contribution in [1.82, 2.24) is 10.3 Å². The number of hydrogen-bond acceptors (Lipinski definition) is 3. The summed E-state index contributed by atoms with van der Waals surface area (Å²) in [6.07, 6.45) is 4.35. The van der Waals surface area contributed by atoms with Crippen LogP contribution in [0.5, 0.6) is 0 Å². The number of rotatable bonds is 4. The van der Waals surface area contributed by atoms with Gasteiger partial charge in [-0.2, -0.15) is 12.6 Å². The van der Waals surface area contributed by atoms with E-state index in [1.165, 1.54) is 0 Å². The lowest BCUT2D eigenvalue weighted by Crippen LogP contribution is -2.25. The van der Waals surface area contributed by atoms with Gasteiger partial charge in [-0.25, -0.2) is 0 Å². The van der Waals surface area contributed by atoms with Crippen molar-refractivity contribution in [3.8, 4) is 0 Å². The summed E-state index contributed by atoms with van der Waals surface area (Å²) in [6.45, 7) is 0.822. The molecule has 0 aliphatic carbocycles. The predicted octanol–water partition coefficient (Wildman–Crippen LogP) is 1.47. The highest BCUT2D eigenvalue weighted by Gasteiger charge is 1.97. The van der Waals surface area contributed by atoms with Crippen molar-refractivity contribution in [1.29, 1.82) is 0 Å². The molecular formula is C9H12N2S2. The molecule has 0 saturated carbocycles. The third-order valence-corrected chi connectivity index (χ3v) is 2.03. The molecule has 1 aromatic rings. The lowest BCUT2D eigenvalue weighted by atomic mass is 10.2. The molecular weight excluding hydrogens is 200 g/mol. The van der Waals surface area contributed by atoms with E-state index in [-0.39, 0.29) is 0 Å². The van der Waals surface area contributed by atoms with Gasteiger partial charge in [-0.15, -0.1) is 0 Å². The van der Waals surface area contributed by atoms with Gasteiger partial charge in [-0.05, 0) is 11.6 Å². The topological polar surface area (TPSA) is 24.9 Å². The maximum atomic E-state index is 5.13. The van der Waals surface area contributed by atoms with E-state index in [2.05, 4.69) is 22.9 Å². The molecule has 0 fully saturated rings. The molecule has 1 heterocycles. The maximum absolute atomic E-state index is 5.13. The maximum Gasteiger partial charge on any atom is 0.0798 e. The summed E-state index contributed by atoms with van der Waals surface area (Å²) < 4.78 is 0. The zero-order valence-corrected chi connectivity index (χ0v) is 8.94. The predicted molar refractivity (Wildman–Crippen MR) is 62.4 cm³/mol. The highest BCUT2D eigenvalue weighted by Crippen LogP contribution is 1.97. The second kappa shape index (κ2) is 5.94. The second-order valence-electron chi connectivity index (χ2n) is 2.61. The van der Waals surface area contributed by atoms with Gasteiger partial charge in [-0.3, -0.25) is 4.98 Å². The monoisotopic (exact) mass is 212 g/mol. The number of hydrogen-bond donors (Lipinski definition) is 2. The molecule has 1 rings (SSSR count). The number of nitrogens with zero attached hydrogens (tertiary/aromatic N) is 1. The Morgan fingerprint density at radius 1 is 1.62 bits per heavy atom. The Labute approximate surface area is 89.2 Å². The van der Waals surface area contributed by atoms with Crippen molar-refractivity contribution >= 4 is 29.8 Å². The zero-order chi connectivity index (χ0) is 9.52. The highest BCUT2D eigenvalue weighted by molar-refractivity contribution is 7.80. The van der Waals surface area contributed by atoms with E-state index in [1.54, 1.807) is 6.20 Å². The van der Waals surface area contributed by atoms with Crippen LogP contribution in [0.4, 0.5) is 0 Å². The van der Waals surface area contributed by atoms with Crippen LogP contribution in [0.2, 0.25) is 0 Å². The van der Waals surface area contributed by atoms with Crippen LogP contribution in [0, 0.1) is 0 Å². The van der Waals surface area contributed by atoms with E-state index in [1.807, 2.05) is 18.3 Å². The molecule has 0 aromatic carbocycles. The molecule has 0 spiro atoms. The molecule has 0 bridgehead atoms. The van der Waals surface area contributed by atoms with Gasteiger partial charge in [0, 0.05) is 31.1 Å². The third kappa shape index (κ3) is 4.24. The average molecular weight is 212 g/mol. The number of thiol groups is 1. The minimum Gasteiger partial charge on any atom is -0.379 e. The van der Waals surface area contributed by atoms with Crippen molar-refractivity contribution in [3.63, 3.8) is 0 Å². The second-order valence-corrected chi connectivity index (χ2v) is 3.55. The Hall–Kier alpha value is -0.610. The Balaban J connectivity index is 2.37. The fourth-order valence-corrected chi connectivity index (χ4v) is 1.33.